The van der Waals surface area contributed by atoms with E-state index in [1.165, 1.54) is 0 Å². The highest BCUT2D eigenvalue weighted by Crippen LogP contribution is 2.26. The molecule has 0 saturated heterocycles. The summed E-state index contributed by atoms with van der Waals surface area (Å²) < 4.78 is 0.998. The Labute approximate surface area is 107 Å². The Hall–Kier alpha value is -1.000. The molecule has 1 heterocycles. The van der Waals surface area contributed by atoms with Crippen LogP contribution in [-0.4, -0.2) is 9.97 Å². The zero-order valence-electron chi connectivity index (χ0n) is 8.72. The lowest BCUT2D eigenvalue weighted by atomic mass is 10.3. The minimum Gasteiger partial charge on any atom is -0.378 e. The molecule has 1 aromatic heterocycles. The fourth-order valence-corrected chi connectivity index (χ4v) is 1.92. The van der Waals surface area contributed by atoms with Crippen molar-refractivity contribution in [3.63, 3.8) is 0 Å². The van der Waals surface area contributed by atoms with Crippen LogP contribution >= 0.6 is 27.5 Å². The van der Waals surface area contributed by atoms with Gasteiger partial charge in [-0.3, -0.25) is 0 Å². The highest BCUT2D eigenvalue weighted by molar-refractivity contribution is 9.10. The van der Waals surface area contributed by atoms with Gasteiger partial charge in [-0.05, 0) is 25.1 Å². The minimum atomic E-state index is 0.658. The van der Waals surface area contributed by atoms with E-state index in [4.69, 9.17) is 11.6 Å². The molecule has 2 rings (SSSR count). The second-order valence-electron chi connectivity index (χ2n) is 3.45. The van der Waals surface area contributed by atoms with Crippen LogP contribution in [0.4, 0.5) is 5.69 Å². The second-order valence-corrected chi connectivity index (χ2v) is 4.77. The number of aromatic amines is 1. The van der Waals surface area contributed by atoms with Crippen molar-refractivity contribution in [2.75, 3.05) is 5.32 Å². The number of hydrogen-bond acceptors (Lipinski definition) is 2. The standard InChI is InChI=1S/C11H11BrClN3/c1-7-11(16-6-15-7)5-14-10-4-8(12)2-3-9(10)13/h2-4,6,14H,5H2,1H3,(H,15,16). The van der Waals surface area contributed by atoms with Crippen LogP contribution in [0.1, 0.15) is 11.4 Å². The first kappa shape index (κ1) is 11.5. The van der Waals surface area contributed by atoms with Crippen LogP contribution in [0, 0.1) is 6.92 Å². The summed E-state index contributed by atoms with van der Waals surface area (Å²) in [6.45, 7) is 2.65. The molecule has 2 aromatic rings. The molecule has 0 aliphatic rings. The fraction of sp³-hybridized carbons (Fsp3) is 0.182. The lowest BCUT2D eigenvalue weighted by molar-refractivity contribution is 1.05. The maximum absolute atomic E-state index is 6.06. The number of anilines is 1. The summed E-state index contributed by atoms with van der Waals surface area (Å²) in [6.07, 6.45) is 1.69. The molecule has 84 valence electrons. The minimum absolute atomic E-state index is 0.658. The number of hydrogen-bond donors (Lipinski definition) is 2. The van der Waals surface area contributed by atoms with Crippen molar-refractivity contribution in [1.82, 2.24) is 9.97 Å². The molecule has 0 atom stereocenters. The number of rotatable bonds is 3. The first-order chi connectivity index (χ1) is 7.66. The third-order valence-electron chi connectivity index (χ3n) is 2.31. The van der Waals surface area contributed by atoms with Gasteiger partial charge in [-0.1, -0.05) is 27.5 Å². The van der Waals surface area contributed by atoms with Crippen LogP contribution in [0.25, 0.3) is 0 Å². The third kappa shape index (κ3) is 2.57. The maximum atomic E-state index is 6.06. The van der Waals surface area contributed by atoms with E-state index in [0.717, 1.165) is 21.5 Å². The van der Waals surface area contributed by atoms with Crippen molar-refractivity contribution in [3.8, 4) is 0 Å². The number of nitrogens with zero attached hydrogens (tertiary/aromatic N) is 1. The van der Waals surface area contributed by atoms with Gasteiger partial charge in [0.1, 0.15) is 0 Å². The molecule has 0 aliphatic heterocycles. The van der Waals surface area contributed by atoms with Gasteiger partial charge in [-0.15, -0.1) is 0 Å². The second kappa shape index (κ2) is 4.89. The van der Waals surface area contributed by atoms with E-state index in [-0.39, 0.29) is 0 Å². The largest absolute Gasteiger partial charge is 0.378 e. The number of halogens is 2. The predicted octanol–water partition coefficient (Wildman–Crippen LogP) is 3.75. The summed E-state index contributed by atoms with van der Waals surface area (Å²) in [6, 6.07) is 5.71. The molecule has 0 radical (unpaired) electrons. The first-order valence-corrected chi connectivity index (χ1v) is 6.01. The number of imidazole rings is 1. The van der Waals surface area contributed by atoms with E-state index < -0.39 is 0 Å². The van der Waals surface area contributed by atoms with Gasteiger partial charge in [-0.25, -0.2) is 4.98 Å². The summed E-state index contributed by atoms with van der Waals surface area (Å²) >= 11 is 9.47. The summed E-state index contributed by atoms with van der Waals surface area (Å²) in [4.78, 5) is 7.25. The molecule has 0 saturated carbocycles. The van der Waals surface area contributed by atoms with E-state index in [0.29, 0.717) is 11.6 Å². The van der Waals surface area contributed by atoms with Crippen LogP contribution in [0.15, 0.2) is 29.0 Å². The Bertz CT molecular complexity index is 496. The Morgan fingerprint density at radius 1 is 1.50 bits per heavy atom. The quantitative estimate of drug-likeness (QED) is 0.906. The molecule has 0 spiro atoms. The normalized spacial score (nSPS) is 10.4. The van der Waals surface area contributed by atoms with E-state index in [9.17, 15) is 0 Å². The molecule has 0 amide bonds. The number of aryl methyl sites for hydroxylation is 1. The number of aromatic nitrogens is 2. The van der Waals surface area contributed by atoms with Gasteiger partial charge in [0.05, 0.1) is 29.3 Å². The topological polar surface area (TPSA) is 40.7 Å². The summed E-state index contributed by atoms with van der Waals surface area (Å²) in [5, 5.41) is 3.96. The maximum Gasteiger partial charge on any atom is 0.0925 e. The zero-order chi connectivity index (χ0) is 11.5. The molecule has 3 nitrogen and oxygen atoms in total. The Kier molecular flexibility index (Phi) is 3.51. The Morgan fingerprint density at radius 3 is 3.00 bits per heavy atom. The highest BCUT2D eigenvalue weighted by Gasteiger charge is 2.03. The van der Waals surface area contributed by atoms with E-state index in [1.807, 2.05) is 25.1 Å². The van der Waals surface area contributed by atoms with E-state index in [1.54, 1.807) is 6.33 Å². The fourth-order valence-electron chi connectivity index (χ4n) is 1.38. The summed E-state index contributed by atoms with van der Waals surface area (Å²) in [5.41, 5.74) is 2.97. The average molecular weight is 301 g/mol. The van der Waals surface area contributed by atoms with Crippen LogP contribution in [0.3, 0.4) is 0 Å². The molecular formula is C11H11BrClN3. The SMILES string of the molecule is Cc1[nH]cnc1CNc1cc(Br)ccc1Cl. The molecule has 0 fully saturated rings. The molecule has 1 aromatic carbocycles. The Morgan fingerprint density at radius 2 is 2.31 bits per heavy atom. The molecule has 5 heteroatoms. The average Bonchev–Trinajstić information content (AvgIpc) is 2.66. The first-order valence-electron chi connectivity index (χ1n) is 4.84. The van der Waals surface area contributed by atoms with E-state index in [2.05, 4.69) is 31.2 Å². The predicted molar refractivity (Wildman–Crippen MR) is 69.8 cm³/mol. The van der Waals surface area contributed by atoms with Gasteiger partial charge in [0, 0.05) is 10.2 Å². The van der Waals surface area contributed by atoms with Gasteiger partial charge in [0.25, 0.3) is 0 Å². The van der Waals surface area contributed by atoms with Crippen LogP contribution in [-0.2, 0) is 6.54 Å². The van der Waals surface area contributed by atoms with Gasteiger partial charge in [0.2, 0.25) is 0 Å². The smallest absolute Gasteiger partial charge is 0.0925 e. The van der Waals surface area contributed by atoms with Crippen LogP contribution in [0.5, 0.6) is 0 Å². The van der Waals surface area contributed by atoms with Crippen molar-refractivity contribution in [2.45, 2.75) is 13.5 Å². The molecule has 0 unspecified atom stereocenters. The number of benzene rings is 1. The highest BCUT2D eigenvalue weighted by atomic mass is 79.9. The Balaban J connectivity index is 2.10. The monoisotopic (exact) mass is 299 g/mol. The van der Waals surface area contributed by atoms with Gasteiger partial charge < -0.3 is 10.3 Å². The van der Waals surface area contributed by atoms with Gasteiger partial charge in [-0.2, -0.15) is 0 Å². The van der Waals surface area contributed by atoms with Crippen molar-refractivity contribution in [2.24, 2.45) is 0 Å². The number of H-pyrrole nitrogens is 1. The third-order valence-corrected chi connectivity index (χ3v) is 3.13. The van der Waals surface area contributed by atoms with Gasteiger partial charge in [0.15, 0.2) is 0 Å². The van der Waals surface area contributed by atoms with Crippen molar-refractivity contribution >= 4 is 33.2 Å². The van der Waals surface area contributed by atoms with E-state index >= 15 is 0 Å². The molecule has 0 aliphatic carbocycles. The van der Waals surface area contributed by atoms with Crippen LogP contribution < -0.4 is 5.32 Å². The van der Waals surface area contributed by atoms with Crippen molar-refractivity contribution < 1.29 is 0 Å². The lowest BCUT2D eigenvalue weighted by Gasteiger charge is -2.07. The molecule has 16 heavy (non-hydrogen) atoms. The number of nitrogens with one attached hydrogen (secondary N) is 2. The summed E-state index contributed by atoms with van der Waals surface area (Å²) in [5.74, 6) is 0. The summed E-state index contributed by atoms with van der Waals surface area (Å²) in [7, 11) is 0. The van der Waals surface area contributed by atoms with Crippen molar-refractivity contribution in [3.05, 3.63) is 45.4 Å². The molecular weight excluding hydrogens is 289 g/mol. The molecule has 2 N–H and O–H groups in total. The zero-order valence-corrected chi connectivity index (χ0v) is 11.1. The van der Waals surface area contributed by atoms with Crippen LogP contribution in [0.2, 0.25) is 5.02 Å². The van der Waals surface area contributed by atoms with Gasteiger partial charge >= 0.3 is 0 Å². The van der Waals surface area contributed by atoms with Crippen molar-refractivity contribution in [1.29, 1.82) is 0 Å². The molecule has 0 bridgehead atoms. The lowest BCUT2D eigenvalue weighted by Crippen LogP contribution is -2.01.